The molecular formula is C9H11N3O4S. The van der Waals surface area contributed by atoms with Crippen molar-refractivity contribution in [2.24, 2.45) is 0 Å². The van der Waals surface area contributed by atoms with Gasteiger partial charge in [-0.25, -0.2) is 8.42 Å². The molecule has 0 atom stereocenters. The smallest absolute Gasteiger partial charge is 0.289 e. The summed E-state index contributed by atoms with van der Waals surface area (Å²) in [6.45, 7) is 4.98. The minimum Gasteiger partial charge on any atom is -0.313 e. The van der Waals surface area contributed by atoms with Gasteiger partial charge in [0.05, 0.1) is 4.92 Å². The Labute approximate surface area is 98.3 Å². The molecule has 0 aliphatic carbocycles. The molecular weight excluding hydrogens is 246 g/mol. The van der Waals surface area contributed by atoms with Gasteiger partial charge in [0.2, 0.25) is 0 Å². The average molecular weight is 257 g/mol. The van der Waals surface area contributed by atoms with Crippen LogP contribution in [-0.2, 0) is 10.0 Å². The van der Waals surface area contributed by atoms with Gasteiger partial charge in [-0.1, -0.05) is 18.7 Å². The molecule has 1 rings (SSSR count). The Kier molecular flexibility index (Phi) is 3.81. The summed E-state index contributed by atoms with van der Waals surface area (Å²) in [5.74, 6) is 0. The lowest BCUT2D eigenvalue weighted by Gasteiger charge is -2.08. The third-order valence-corrected chi connectivity index (χ3v) is 3.05. The number of nitrogens with one attached hydrogen (secondary N) is 2. The molecule has 1 aromatic rings. The normalized spacial score (nSPS) is 10.9. The van der Waals surface area contributed by atoms with Crippen LogP contribution in [0.1, 0.15) is 6.92 Å². The van der Waals surface area contributed by atoms with Gasteiger partial charge in [-0.2, -0.15) is 0 Å². The molecule has 2 N–H and O–H groups in total. The Bertz CT molecular complexity index is 553. The molecule has 0 spiro atoms. The van der Waals surface area contributed by atoms with Crippen LogP contribution in [0.4, 0.5) is 5.69 Å². The first kappa shape index (κ1) is 13.1. The molecule has 0 saturated heterocycles. The fraction of sp³-hybridized carbons (Fsp3) is 0.111. The molecule has 0 amide bonds. The van der Waals surface area contributed by atoms with Gasteiger partial charge in [0.15, 0.2) is 4.90 Å². The summed E-state index contributed by atoms with van der Waals surface area (Å²) < 4.78 is 23.5. The van der Waals surface area contributed by atoms with Crippen LogP contribution in [0.15, 0.2) is 41.4 Å². The summed E-state index contributed by atoms with van der Waals surface area (Å²) in [5, 5.41) is 10.7. The van der Waals surface area contributed by atoms with Crippen LogP contribution in [-0.4, -0.2) is 13.3 Å². The molecule has 1 aromatic carbocycles. The quantitative estimate of drug-likeness (QED) is 0.603. The van der Waals surface area contributed by atoms with Crippen LogP contribution in [0.25, 0.3) is 0 Å². The largest absolute Gasteiger partial charge is 0.313 e. The summed E-state index contributed by atoms with van der Waals surface area (Å²) in [6, 6.07) is 5.07. The maximum atomic E-state index is 11.7. The van der Waals surface area contributed by atoms with Crippen LogP contribution in [0.5, 0.6) is 0 Å². The predicted octanol–water partition coefficient (Wildman–Crippen LogP) is 0.911. The first-order valence-electron chi connectivity index (χ1n) is 4.51. The van der Waals surface area contributed by atoms with Crippen molar-refractivity contribution in [1.82, 2.24) is 10.3 Å². The predicted molar refractivity (Wildman–Crippen MR) is 61.4 cm³/mol. The van der Waals surface area contributed by atoms with E-state index in [1.165, 1.54) is 12.1 Å². The van der Waals surface area contributed by atoms with E-state index in [1.54, 1.807) is 6.92 Å². The van der Waals surface area contributed by atoms with E-state index in [9.17, 15) is 18.5 Å². The average Bonchev–Trinajstić information content (AvgIpc) is 2.26. The van der Waals surface area contributed by atoms with Crippen molar-refractivity contribution in [3.8, 4) is 0 Å². The third-order valence-electron chi connectivity index (χ3n) is 1.75. The highest BCUT2D eigenvalue weighted by Crippen LogP contribution is 2.22. The Balaban J connectivity index is 3.15. The highest BCUT2D eigenvalue weighted by molar-refractivity contribution is 7.89. The lowest BCUT2D eigenvalue weighted by atomic mass is 10.3. The van der Waals surface area contributed by atoms with Gasteiger partial charge < -0.3 is 5.43 Å². The minimum absolute atomic E-state index is 0.368. The van der Waals surface area contributed by atoms with Crippen molar-refractivity contribution >= 4 is 15.7 Å². The van der Waals surface area contributed by atoms with Crippen molar-refractivity contribution in [2.45, 2.75) is 11.8 Å². The van der Waals surface area contributed by atoms with Crippen LogP contribution < -0.4 is 10.3 Å². The zero-order valence-corrected chi connectivity index (χ0v) is 9.82. The number of hydrazine groups is 1. The Morgan fingerprint density at radius 3 is 2.53 bits per heavy atom. The van der Waals surface area contributed by atoms with Crippen molar-refractivity contribution in [3.63, 3.8) is 0 Å². The molecule has 8 heteroatoms. The van der Waals surface area contributed by atoms with E-state index in [2.05, 4.69) is 12.0 Å². The summed E-state index contributed by atoms with van der Waals surface area (Å²) in [7, 11) is -3.99. The second kappa shape index (κ2) is 4.93. The monoisotopic (exact) mass is 257 g/mol. The maximum Gasteiger partial charge on any atom is 0.289 e. The number of allylic oxidation sites excluding steroid dienone is 1. The van der Waals surface area contributed by atoms with Crippen LogP contribution >= 0.6 is 0 Å². The molecule has 0 fully saturated rings. The number of rotatable bonds is 5. The molecule has 0 aromatic heterocycles. The summed E-state index contributed by atoms with van der Waals surface area (Å²) in [4.78, 5) is 11.5. The van der Waals surface area contributed by atoms with E-state index in [1.807, 2.05) is 4.83 Å². The number of benzene rings is 1. The van der Waals surface area contributed by atoms with E-state index < -0.39 is 25.5 Å². The number of nitro benzene ring substituents is 1. The zero-order chi connectivity index (χ0) is 13.1. The fourth-order valence-corrected chi connectivity index (χ4v) is 2.14. The first-order chi connectivity index (χ1) is 7.84. The topological polar surface area (TPSA) is 101 Å². The highest BCUT2D eigenvalue weighted by atomic mass is 32.2. The molecule has 0 aliphatic rings. The van der Waals surface area contributed by atoms with E-state index in [0.717, 1.165) is 12.1 Å². The van der Waals surface area contributed by atoms with Crippen molar-refractivity contribution in [3.05, 3.63) is 46.7 Å². The number of hydrogen-bond donors (Lipinski definition) is 2. The lowest BCUT2D eigenvalue weighted by molar-refractivity contribution is -0.387. The summed E-state index contributed by atoms with van der Waals surface area (Å²) in [5.41, 5.74) is 2.18. The zero-order valence-electron chi connectivity index (χ0n) is 9.00. The van der Waals surface area contributed by atoms with Gasteiger partial charge in [-0.05, 0) is 13.0 Å². The first-order valence-corrected chi connectivity index (χ1v) is 5.99. The fourth-order valence-electron chi connectivity index (χ4n) is 1.04. The molecule has 17 heavy (non-hydrogen) atoms. The van der Waals surface area contributed by atoms with Crippen LogP contribution in [0, 0.1) is 10.1 Å². The van der Waals surface area contributed by atoms with Gasteiger partial charge in [0, 0.05) is 11.8 Å². The SMILES string of the molecule is C=C(C)NNS(=O)(=O)c1ccccc1[N+](=O)[O-]. The minimum atomic E-state index is -3.99. The lowest BCUT2D eigenvalue weighted by Crippen LogP contribution is -2.36. The van der Waals surface area contributed by atoms with Gasteiger partial charge in [-0.3, -0.25) is 10.1 Å². The second-order valence-corrected chi connectivity index (χ2v) is 4.89. The highest BCUT2D eigenvalue weighted by Gasteiger charge is 2.24. The van der Waals surface area contributed by atoms with Gasteiger partial charge in [0.25, 0.3) is 15.7 Å². The summed E-state index contributed by atoms with van der Waals surface area (Å²) >= 11 is 0. The van der Waals surface area contributed by atoms with Crippen molar-refractivity contribution in [2.75, 3.05) is 0 Å². The summed E-state index contributed by atoms with van der Waals surface area (Å²) in [6.07, 6.45) is 0. The molecule has 0 heterocycles. The number of para-hydroxylation sites is 1. The molecule has 0 unspecified atom stereocenters. The number of nitro groups is 1. The standard InChI is InChI=1S/C9H11N3O4S/c1-7(2)10-11-17(15,16)9-6-4-3-5-8(9)12(13)14/h3-6,10-11H,1H2,2H3. The van der Waals surface area contributed by atoms with E-state index in [4.69, 9.17) is 0 Å². The van der Waals surface area contributed by atoms with Crippen LogP contribution in [0.2, 0.25) is 0 Å². The number of nitrogens with zero attached hydrogens (tertiary/aromatic N) is 1. The van der Waals surface area contributed by atoms with E-state index in [-0.39, 0.29) is 0 Å². The maximum absolute atomic E-state index is 11.7. The molecule has 0 aliphatic heterocycles. The Morgan fingerprint density at radius 2 is 2.00 bits per heavy atom. The van der Waals surface area contributed by atoms with Gasteiger partial charge in [-0.15, -0.1) is 4.83 Å². The second-order valence-electron chi connectivity index (χ2n) is 3.24. The van der Waals surface area contributed by atoms with Crippen LogP contribution in [0.3, 0.4) is 0 Å². The Hall–Kier alpha value is -1.93. The molecule has 0 bridgehead atoms. The van der Waals surface area contributed by atoms with Crippen molar-refractivity contribution in [1.29, 1.82) is 0 Å². The van der Waals surface area contributed by atoms with Crippen molar-refractivity contribution < 1.29 is 13.3 Å². The Morgan fingerprint density at radius 1 is 1.41 bits per heavy atom. The van der Waals surface area contributed by atoms with Gasteiger partial charge >= 0.3 is 0 Å². The number of hydrogen-bond acceptors (Lipinski definition) is 5. The molecule has 92 valence electrons. The number of sulfonamides is 1. The third kappa shape index (κ3) is 3.26. The van der Waals surface area contributed by atoms with E-state index in [0.29, 0.717) is 5.70 Å². The molecule has 7 nitrogen and oxygen atoms in total. The van der Waals surface area contributed by atoms with E-state index >= 15 is 0 Å². The molecule has 0 radical (unpaired) electrons. The van der Waals surface area contributed by atoms with Gasteiger partial charge in [0.1, 0.15) is 0 Å². The molecule has 0 saturated carbocycles.